The molecule has 1 saturated heterocycles. The Kier molecular flexibility index (Phi) is 3.66. The fourth-order valence-corrected chi connectivity index (χ4v) is 2.76. The molecule has 0 aromatic carbocycles. The minimum absolute atomic E-state index is 0.125. The molecule has 2 rings (SSSR count). The number of anilines is 1. The van der Waals surface area contributed by atoms with Crippen LogP contribution >= 0.6 is 11.8 Å². The van der Waals surface area contributed by atoms with Gasteiger partial charge in [-0.05, 0) is 30.7 Å². The first-order valence-electron chi connectivity index (χ1n) is 5.37. The maximum atomic E-state index is 11.8. The van der Waals surface area contributed by atoms with E-state index in [0.717, 1.165) is 12.2 Å². The van der Waals surface area contributed by atoms with Gasteiger partial charge in [-0.2, -0.15) is 11.8 Å². The van der Waals surface area contributed by atoms with Gasteiger partial charge in [0.2, 0.25) is 0 Å². The van der Waals surface area contributed by atoms with Gasteiger partial charge in [-0.25, -0.2) is 4.98 Å². The van der Waals surface area contributed by atoms with Gasteiger partial charge in [-0.1, -0.05) is 6.07 Å². The number of hydrogen-bond acceptors (Lipinski definition) is 4. The summed E-state index contributed by atoms with van der Waals surface area (Å²) in [6.07, 6.45) is 2.22. The molecule has 0 aliphatic carbocycles. The Balaban J connectivity index is 1.97. The summed E-state index contributed by atoms with van der Waals surface area (Å²) in [5, 5.41) is 2.98. The number of carbonyl (C=O) groups is 1. The van der Waals surface area contributed by atoms with E-state index in [-0.39, 0.29) is 11.9 Å². The molecule has 1 fully saturated rings. The molecule has 1 aromatic rings. The van der Waals surface area contributed by atoms with Gasteiger partial charge >= 0.3 is 0 Å². The number of thioether (sulfide) groups is 1. The van der Waals surface area contributed by atoms with Gasteiger partial charge in [0.15, 0.2) is 0 Å². The first kappa shape index (κ1) is 11.3. The molecule has 86 valence electrons. The van der Waals surface area contributed by atoms with Gasteiger partial charge in [-0.3, -0.25) is 4.79 Å². The second-order valence-electron chi connectivity index (χ2n) is 3.84. The second-order valence-corrected chi connectivity index (χ2v) is 4.99. The summed E-state index contributed by atoms with van der Waals surface area (Å²) in [7, 11) is 0. The molecule has 0 radical (unpaired) electrons. The maximum absolute atomic E-state index is 11.8. The van der Waals surface area contributed by atoms with E-state index in [0.29, 0.717) is 11.5 Å². The Bertz CT molecular complexity index is 377. The Hall–Kier alpha value is -1.23. The highest BCUT2D eigenvalue weighted by molar-refractivity contribution is 7.99. The molecular formula is C11H15N3OS. The molecule has 1 atom stereocenters. The zero-order chi connectivity index (χ0) is 11.4. The number of nitrogens with zero attached hydrogens (tertiary/aromatic N) is 1. The van der Waals surface area contributed by atoms with Crippen molar-refractivity contribution in [3.63, 3.8) is 0 Å². The summed E-state index contributed by atoms with van der Waals surface area (Å²) >= 11 is 1.88. The van der Waals surface area contributed by atoms with Crippen LogP contribution in [0.15, 0.2) is 18.2 Å². The molecule has 1 aliphatic rings. The molecule has 1 amide bonds. The van der Waals surface area contributed by atoms with E-state index in [9.17, 15) is 4.79 Å². The summed E-state index contributed by atoms with van der Waals surface area (Å²) < 4.78 is 0. The van der Waals surface area contributed by atoms with Crippen LogP contribution in [-0.4, -0.2) is 28.4 Å². The van der Waals surface area contributed by atoms with Gasteiger partial charge in [-0.15, -0.1) is 0 Å². The van der Waals surface area contributed by atoms with Crippen LogP contribution in [0.25, 0.3) is 0 Å². The van der Waals surface area contributed by atoms with Crippen LogP contribution < -0.4 is 11.1 Å². The lowest BCUT2D eigenvalue weighted by molar-refractivity contribution is 0.0933. The smallest absolute Gasteiger partial charge is 0.270 e. The lowest BCUT2D eigenvalue weighted by Gasteiger charge is -2.22. The van der Waals surface area contributed by atoms with Crippen molar-refractivity contribution >= 4 is 23.5 Å². The maximum Gasteiger partial charge on any atom is 0.270 e. The van der Waals surface area contributed by atoms with Gasteiger partial charge in [0.05, 0.1) is 0 Å². The topological polar surface area (TPSA) is 68.0 Å². The number of nitrogens with two attached hydrogens (primary N) is 1. The van der Waals surface area contributed by atoms with Crippen LogP contribution in [0, 0.1) is 0 Å². The number of rotatable bonds is 2. The van der Waals surface area contributed by atoms with Crippen LogP contribution in [0.4, 0.5) is 5.82 Å². The molecule has 1 aromatic heterocycles. The van der Waals surface area contributed by atoms with Crippen molar-refractivity contribution in [3.8, 4) is 0 Å². The van der Waals surface area contributed by atoms with Gasteiger partial charge in [0.25, 0.3) is 5.91 Å². The van der Waals surface area contributed by atoms with Crippen LogP contribution in [0.3, 0.4) is 0 Å². The third-order valence-electron chi connectivity index (χ3n) is 2.50. The zero-order valence-electron chi connectivity index (χ0n) is 8.98. The van der Waals surface area contributed by atoms with E-state index in [1.807, 2.05) is 11.8 Å². The summed E-state index contributed by atoms with van der Waals surface area (Å²) in [6, 6.07) is 5.37. The molecule has 0 saturated carbocycles. The molecular weight excluding hydrogens is 222 g/mol. The van der Waals surface area contributed by atoms with Crippen molar-refractivity contribution in [2.45, 2.75) is 18.9 Å². The van der Waals surface area contributed by atoms with Crippen molar-refractivity contribution in [1.82, 2.24) is 10.3 Å². The van der Waals surface area contributed by atoms with Crippen LogP contribution in [-0.2, 0) is 0 Å². The van der Waals surface area contributed by atoms with Crippen LogP contribution in [0.1, 0.15) is 23.3 Å². The van der Waals surface area contributed by atoms with Gasteiger partial charge < -0.3 is 11.1 Å². The third kappa shape index (κ3) is 2.88. The minimum atomic E-state index is -0.125. The van der Waals surface area contributed by atoms with Gasteiger partial charge in [0, 0.05) is 11.8 Å². The van der Waals surface area contributed by atoms with Crippen molar-refractivity contribution in [2.75, 3.05) is 17.2 Å². The fourth-order valence-electron chi connectivity index (χ4n) is 1.69. The Morgan fingerprint density at radius 3 is 3.12 bits per heavy atom. The summed E-state index contributed by atoms with van der Waals surface area (Å²) in [6.45, 7) is 0. The number of amides is 1. The van der Waals surface area contributed by atoms with Crippen LogP contribution in [0.5, 0.6) is 0 Å². The Morgan fingerprint density at radius 1 is 1.56 bits per heavy atom. The van der Waals surface area contributed by atoms with Gasteiger partial charge in [0.1, 0.15) is 11.5 Å². The number of pyridine rings is 1. The zero-order valence-corrected chi connectivity index (χ0v) is 9.80. The highest BCUT2D eigenvalue weighted by atomic mass is 32.2. The average molecular weight is 237 g/mol. The van der Waals surface area contributed by atoms with Crippen molar-refractivity contribution in [1.29, 1.82) is 0 Å². The fraction of sp³-hybridized carbons (Fsp3) is 0.455. The first-order valence-corrected chi connectivity index (χ1v) is 6.52. The molecule has 0 bridgehead atoms. The van der Waals surface area contributed by atoms with E-state index >= 15 is 0 Å². The predicted octanol–water partition coefficient (Wildman–Crippen LogP) is 1.29. The molecule has 1 unspecified atom stereocenters. The molecule has 4 nitrogen and oxygen atoms in total. The third-order valence-corrected chi connectivity index (χ3v) is 3.71. The molecule has 0 spiro atoms. The molecule has 1 aliphatic heterocycles. The number of carbonyl (C=O) groups excluding carboxylic acids is 1. The monoisotopic (exact) mass is 237 g/mol. The predicted molar refractivity (Wildman–Crippen MR) is 66.5 cm³/mol. The quantitative estimate of drug-likeness (QED) is 0.813. The van der Waals surface area contributed by atoms with E-state index in [4.69, 9.17) is 5.73 Å². The minimum Gasteiger partial charge on any atom is -0.384 e. The van der Waals surface area contributed by atoms with E-state index in [1.54, 1.807) is 18.2 Å². The first-order chi connectivity index (χ1) is 7.75. The lowest BCUT2D eigenvalue weighted by Crippen LogP contribution is -2.38. The largest absolute Gasteiger partial charge is 0.384 e. The number of nitrogens with one attached hydrogen (secondary N) is 1. The SMILES string of the molecule is Nc1cccc(C(=O)NC2CCCSC2)n1. The highest BCUT2D eigenvalue weighted by Crippen LogP contribution is 2.17. The molecule has 3 N–H and O–H groups in total. The number of aromatic nitrogens is 1. The number of nitrogen functional groups attached to an aromatic ring is 1. The van der Waals surface area contributed by atoms with Crippen molar-refractivity contribution in [3.05, 3.63) is 23.9 Å². The van der Waals surface area contributed by atoms with E-state index < -0.39 is 0 Å². The lowest BCUT2D eigenvalue weighted by atomic mass is 10.2. The average Bonchev–Trinajstić information content (AvgIpc) is 2.30. The van der Waals surface area contributed by atoms with E-state index in [1.165, 1.54) is 12.2 Å². The molecule has 16 heavy (non-hydrogen) atoms. The summed E-state index contributed by atoms with van der Waals surface area (Å²) in [4.78, 5) is 15.8. The number of hydrogen-bond donors (Lipinski definition) is 2. The summed E-state index contributed by atoms with van der Waals surface area (Å²) in [5.74, 6) is 2.45. The summed E-state index contributed by atoms with van der Waals surface area (Å²) in [5.41, 5.74) is 5.93. The molecule has 5 heteroatoms. The molecule has 2 heterocycles. The van der Waals surface area contributed by atoms with Crippen LogP contribution in [0.2, 0.25) is 0 Å². The highest BCUT2D eigenvalue weighted by Gasteiger charge is 2.17. The van der Waals surface area contributed by atoms with Crippen molar-refractivity contribution < 1.29 is 4.79 Å². The Labute approximate surface area is 99.0 Å². The normalized spacial score (nSPS) is 20.4. The van der Waals surface area contributed by atoms with E-state index in [2.05, 4.69) is 10.3 Å². The second kappa shape index (κ2) is 5.21. The Morgan fingerprint density at radius 2 is 2.44 bits per heavy atom. The standard InChI is InChI=1S/C11H15N3OS/c12-10-5-1-4-9(14-10)11(15)13-8-3-2-6-16-7-8/h1,4-5,8H,2-3,6-7H2,(H2,12,14)(H,13,15). The van der Waals surface area contributed by atoms with Crippen molar-refractivity contribution in [2.24, 2.45) is 0 Å².